The Balaban J connectivity index is 1.65. The molecule has 110 valence electrons. The average molecular weight is 317 g/mol. The molecule has 0 saturated carbocycles. The normalized spacial score (nSPS) is 15.7. The second-order valence-corrected chi connectivity index (χ2v) is 7.16. The van der Waals surface area contributed by atoms with E-state index in [9.17, 15) is 0 Å². The first-order valence-electron chi connectivity index (χ1n) is 7.23. The summed E-state index contributed by atoms with van der Waals surface area (Å²) in [4.78, 5) is 11.5. The molecule has 3 rings (SSSR count). The maximum absolute atomic E-state index is 4.77. The van der Waals surface area contributed by atoms with E-state index in [1.165, 1.54) is 23.5 Å². The van der Waals surface area contributed by atoms with E-state index in [0.29, 0.717) is 0 Å². The summed E-state index contributed by atoms with van der Waals surface area (Å²) in [5.74, 6) is 4.40. The van der Waals surface area contributed by atoms with Crippen LogP contribution in [0, 0.1) is 0 Å². The van der Waals surface area contributed by atoms with Crippen LogP contribution in [-0.2, 0) is 5.75 Å². The van der Waals surface area contributed by atoms with Crippen molar-refractivity contribution in [3.8, 4) is 0 Å². The highest BCUT2D eigenvalue weighted by molar-refractivity contribution is 7.99. The quantitative estimate of drug-likeness (QED) is 0.802. The fourth-order valence-corrected chi connectivity index (χ4v) is 3.95. The number of aromatic nitrogens is 2. The summed E-state index contributed by atoms with van der Waals surface area (Å²) in [6, 6.07) is 10.5. The van der Waals surface area contributed by atoms with Gasteiger partial charge in [0.15, 0.2) is 0 Å². The molecule has 0 bridgehead atoms. The molecule has 0 spiro atoms. The first-order chi connectivity index (χ1) is 10.4. The lowest BCUT2D eigenvalue weighted by Gasteiger charge is -2.20. The lowest BCUT2D eigenvalue weighted by atomic mass is 10.2. The second-order valence-electron chi connectivity index (χ2n) is 4.94. The van der Waals surface area contributed by atoms with Crippen molar-refractivity contribution in [3.63, 3.8) is 0 Å². The fraction of sp³-hybridized carbons (Fsp3) is 0.375. The molecule has 2 aromatic rings. The van der Waals surface area contributed by atoms with Crippen molar-refractivity contribution >= 4 is 29.3 Å². The van der Waals surface area contributed by atoms with Crippen LogP contribution in [0.2, 0.25) is 0 Å². The molecular weight excluding hydrogens is 298 g/mol. The van der Waals surface area contributed by atoms with E-state index in [1.54, 1.807) is 11.8 Å². The average Bonchev–Trinajstić information content (AvgIpc) is 2.83. The predicted molar refractivity (Wildman–Crippen MR) is 92.2 cm³/mol. The van der Waals surface area contributed by atoms with Crippen molar-refractivity contribution in [2.75, 3.05) is 29.5 Å². The van der Waals surface area contributed by atoms with Crippen LogP contribution in [0.1, 0.15) is 12.0 Å². The number of anilines is 1. The minimum Gasteiger partial charge on any atom is -0.354 e. The van der Waals surface area contributed by atoms with E-state index in [2.05, 4.69) is 34.1 Å². The van der Waals surface area contributed by atoms with Crippen LogP contribution >= 0.6 is 23.5 Å². The third kappa shape index (κ3) is 4.38. The summed E-state index contributed by atoms with van der Waals surface area (Å²) in [6.45, 7) is 2.17. The van der Waals surface area contributed by atoms with E-state index in [4.69, 9.17) is 4.98 Å². The lowest BCUT2D eigenvalue weighted by Crippen LogP contribution is -2.26. The van der Waals surface area contributed by atoms with E-state index in [0.717, 1.165) is 29.7 Å². The zero-order chi connectivity index (χ0) is 14.3. The highest BCUT2D eigenvalue weighted by Crippen LogP contribution is 2.23. The van der Waals surface area contributed by atoms with Gasteiger partial charge in [-0.1, -0.05) is 30.3 Å². The van der Waals surface area contributed by atoms with Crippen LogP contribution in [0.4, 0.5) is 5.82 Å². The molecule has 0 unspecified atom stereocenters. The highest BCUT2D eigenvalue weighted by Gasteiger charge is 2.12. The second kappa shape index (κ2) is 7.71. The van der Waals surface area contributed by atoms with Crippen molar-refractivity contribution in [2.24, 2.45) is 0 Å². The molecule has 1 saturated heterocycles. The largest absolute Gasteiger partial charge is 0.354 e. The third-order valence-electron chi connectivity index (χ3n) is 3.38. The van der Waals surface area contributed by atoms with Crippen molar-refractivity contribution in [1.82, 2.24) is 9.97 Å². The summed E-state index contributed by atoms with van der Waals surface area (Å²) in [7, 11) is 0. The van der Waals surface area contributed by atoms with Gasteiger partial charge in [-0.05, 0) is 17.7 Å². The van der Waals surface area contributed by atoms with Gasteiger partial charge in [0.25, 0.3) is 0 Å². The molecule has 21 heavy (non-hydrogen) atoms. The van der Waals surface area contributed by atoms with Crippen LogP contribution < -0.4 is 4.90 Å². The molecular formula is C16H19N3S2. The molecule has 3 nitrogen and oxygen atoms in total. The Morgan fingerprint density at radius 3 is 2.90 bits per heavy atom. The molecule has 2 heterocycles. The Bertz CT molecular complexity index is 554. The molecule has 0 aliphatic carbocycles. The number of hydrogen-bond acceptors (Lipinski definition) is 5. The van der Waals surface area contributed by atoms with Gasteiger partial charge in [0, 0.05) is 24.6 Å². The van der Waals surface area contributed by atoms with Gasteiger partial charge < -0.3 is 4.90 Å². The van der Waals surface area contributed by atoms with E-state index < -0.39 is 0 Å². The smallest absolute Gasteiger partial charge is 0.148 e. The van der Waals surface area contributed by atoms with Crippen LogP contribution in [-0.4, -0.2) is 34.6 Å². The van der Waals surface area contributed by atoms with Gasteiger partial charge in [0.2, 0.25) is 0 Å². The van der Waals surface area contributed by atoms with Gasteiger partial charge in [0.1, 0.15) is 10.8 Å². The number of benzene rings is 1. The van der Waals surface area contributed by atoms with Crippen LogP contribution in [0.5, 0.6) is 0 Å². The predicted octanol–water partition coefficient (Wildman–Crippen LogP) is 3.71. The van der Waals surface area contributed by atoms with Gasteiger partial charge in [-0.15, -0.1) is 11.8 Å². The first kappa shape index (κ1) is 14.7. The Kier molecular flexibility index (Phi) is 5.40. The minimum atomic E-state index is 0.939. The van der Waals surface area contributed by atoms with E-state index in [-0.39, 0.29) is 0 Å². The summed E-state index contributed by atoms with van der Waals surface area (Å²) in [6.07, 6.45) is 4.99. The molecule has 5 heteroatoms. The van der Waals surface area contributed by atoms with E-state index >= 15 is 0 Å². The number of hydrogen-bond donors (Lipinski definition) is 0. The van der Waals surface area contributed by atoms with Crippen molar-refractivity contribution in [2.45, 2.75) is 17.2 Å². The molecule has 0 atom stereocenters. The summed E-state index contributed by atoms with van der Waals surface area (Å²) < 4.78 is 0. The maximum atomic E-state index is 4.77. The Labute approximate surface area is 134 Å². The molecule has 0 radical (unpaired) electrons. The molecule has 1 aliphatic rings. The van der Waals surface area contributed by atoms with Crippen molar-refractivity contribution in [1.29, 1.82) is 0 Å². The van der Waals surface area contributed by atoms with Gasteiger partial charge >= 0.3 is 0 Å². The van der Waals surface area contributed by atoms with Gasteiger partial charge in [-0.25, -0.2) is 4.98 Å². The van der Waals surface area contributed by atoms with Crippen LogP contribution in [0.25, 0.3) is 0 Å². The molecule has 0 amide bonds. The first-order valence-corrected chi connectivity index (χ1v) is 9.37. The molecule has 0 N–H and O–H groups in total. The zero-order valence-corrected chi connectivity index (χ0v) is 13.6. The molecule has 1 fully saturated rings. The van der Waals surface area contributed by atoms with Crippen molar-refractivity contribution in [3.05, 3.63) is 48.3 Å². The van der Waals surface area contributed by atoms with Gasteiger partial charge in [-0.2, -0.15) is 11.8 Å². The topological polar surface area (TPSA) is 29.0 Å². The Morgan fingerprint density at radius 1 is 1.10 bits per heavy atom. The summed E-state index contributed by atoms with van der Waals surface area (Å²) in [5, 5.41) is 1.01. The third-order valence-corrected chi connectivity index (χ3v) is 5.39. The molecule has 1 aromatic heterocycles. The van der Waals surface area contributed by atoms with Gasteiger partial charge in [-0.3, -0.25) is 4.98 Å². The summed E-state index contributed by atoms with van der Waals surface area (Å²) in [5.41, 5.74) is 1.32. The summed E-state index contributed by atoms with van der Waals surface area (Å²) >= 11 is 3.78. The Morgan fingerprint density at radius 2 is 2.00 bits per heavy atom. The Hall–Kier alpha value is -1.20. The monoisotopic (exact) mass is 317 g/mol. The van der Waals surface area contributed by atoms with Crippen LogP contribution in [0.3, 0.4) is 0 Å². The minimum absolute atomic E-state index is 0.939. The van der Waals surface area contributed by atoms with Crippen molar-refractivity contribution < 1.29 is 0 Å². The standard InChI is InChI=1S/C16H19N3S2/c1-2-5-14(6-3-1)13-21-16-12-17-11-15(18-16)19-7-4-9-20-10-8-19/h1-3,5-6,11-12H,4,7-10,13H2. The van der Waals surface area contributed by atoms with E-state index in [1.807, 2.05) is 30.2 Å². The number of rotatable bonds is 4. The maximum Gasteiger partial charge on any atom is 0.148 e. The zero-order valence-electron chi connectivity index (χ0n) is 11.9. The molecule has 1 aromatic carbocycles. The highest BCUT2D eigenvalue weighted by atomic mass is 32.2. The van der Waals surface area contributed by atoms with Crippen LogP contribution in [0.15, 0.2) is 47.8 Å². The van der Waals surface area contributed by atoms with Gasteiger partial charge in [0.05, 0.1) is 12.4 Å². The SMILES string of the molecule is c1ccc(CSc2cncc(N3CCCSCC3)n2)cc1. The number of nitrogens with zero attached hydrogens (tertiary/aromatic N) is 3. The lowest BCUT2D eigenvalue weighted by molar-refractivity contribution is 0.788. The fourth-order valence-electron chi connectivity index (χ4n) is 2.27. The molecule has 1 aliphatic heterocycles. The number of thioether (sulfide) groups is 2.